The van der Waals surface area contributed by atoms with Crippen molar-refractivity contribution in [2.24, 2.45) is 0 Å². The lowest BCUT2D eigenvalue weighted by atomic mass is 10.1. The van der Waals surface area contributed by atoms with Crippen molar-refractivity contribution in [3.8, 4) is 0 Å². The van der Waals surface area contributed by atoms with Gasteiger partial charge in [-0.15, -0.1) is 0 Å². The zero-order chi connectivity index (χ0) is 11.4. The molecule has 16 heavy (non-hydrogen) atoms. The van der Waals surface area contributed by atoms with Crippen LogP contribution in [0.4, 0.5) is 0 Å². The summed E-state index contributed by atoms with van der Waals surface area (Å²) < 4.78 is 0. The van der Waals surface area contributed by atoms with Gasteiger partial charge in [0, 0.05) is 13.1 Å². The van der Waals surface area contributed by atoms with E-state index in [1.54, 1.807) is 0 Å². The molecule has 2 atom stereocenters. The third-order valence-corrected chi connectivity index (χ3v) is 3.10. The Morgan fingerprint density at radius 2 is 2.06 bits per heavy atom. The van der Waals surface area contributed by atoms with Gasteiger partial charge in [-0.3, -0.25) is 4.90 Å². The number of piperidine rings is 1. The molecule has 0 radical (unpaired) electrons. The summed E-state index contributed by atoms with van der Waals surface area (Å²) in [4.78, 5) is 2.13. The molecule has 0 aliphatic carbocycles. The second-order valence-electron chi connectivity index (χ2n) is 4.48. The molecule has 1 heterocycles. The molecule has 3 nitrogen and oxygen atoms in total. The van der Waals surface area contributed by atoms with Crippen molar-refractivity contribution in [3.63, 3.8) is 0 Å². The van der Waals surface area contributed by atoms with Crippen molar-refractivity contribution in [2.45, 2.75) is 25.0 Å². The van der Waals surface area contributed by atoms with Crippen molar-refractivity contribution in [3.05, 3.63) is 35.9 Å². The Kier molecular flexibility index (Phi) is 3.93. The van der Waals surface area contributed by atoms with Crippen molar-refractivity contribution in [1.82, 2.24) is 4.90 Å². The van der Waals surface area contributed by atoms with E-state index in [9.17, 15) is 10.2 Å². The summed E-state index contributed by atoms with van der Waals surface area (Å²) in [6, 6.07) is 9.68. The molecule has 2 N–H and O–H groups in total. The van der Waals surface area contributed by atoms with Crippen LogP contribution in [0.3, 0.4) is 0 Å². The molecule has 0 spiro atoms. The molecule has 0 aromatic heterocycles. The lowest BCUT2D eigenvalue weighted by molar-refractivity contribution is 0.0392. The SMILES string of the molecule is O[C@@H]1CCCN(C[C@H](O)c2ccccc2)C1. The highest BCUT2D eigenvalue weighted by molar-refractivity contribution is 5.17. The van der Waals surface area contributed by atoms with Crippen LogP contribution in [0.5, 0.6) is 0 Å². The van der Waals surface area contributed by atoms with E-state index in [1.165, 1.54) is 0 Å². The van der Waals surface area contributed by atoms with Crippen LogP contribution in [0.25, 0.3) is 0 Å². The van der Waals surface area contributed by atoms with E-state index in [-0.39, 0.29) is 6.10 Å². The fraction of sp³-hybridized carbons (Fsp3) is 0.538. The standard InChI is InChI=1S/C13H19NO2/c15-12-7-4-8-14(9-12)10-13(16)11-5-2-1-3-6-11/h1-3,5-6,12-13,15-16H,4,7-10H2/t12-,13+/m1/s1. The Balaban J connectivity index is 1.89. The first kappa shape index (κ1) is 11.6. The molecule has 1 fully saturated rings. The van der Waals surface area contributed by atoms with E-state index in [4.69, 9.17) is 0 Å². The quantitative estimate of drug-likeness (QED) is 0.805. The Hall–Kier alpha value is -0.900. The first-order valence-corrected chi connectivity index (χ1v) is 5.89. The van der Waals surface area contributed by atoms with Gasteiger partial charge in [0.15, 0.2) is 0 Å². The monoisotopic (exact) mass is 221 g/mol. The smallest absolute Gasteiger partial charge is 0.0916 e. The van der Waals surface area contributed by atoms with Crippen LogP contribution in [-0.2, 0) is 0 Å². The third kappa shape index (κ3) is 3.04. The van der Waals surface area contributed by atoms with Crippen LogP contribution < -0.4 is 0 Å². The fourth-order valence-electron chi connectivity index (χ4n) is 2.22. The second-order valence-corrected chi connectivity index (χ2v) is 4.48. The predicted molar refractivity (Wildman–Crippen MR) is 63.1 cm³/mol. The molecular weight excluding hydrogens is 202 g/mol. The van der Waals surface area contributed by atoms with E-state index in [0.717, 1.165) is 24.9 Å². The number of benzene rings is 1. The summed E-state index contributed by atoms with van der Waals surface area (Å²) in [5, 5.41) is 19.6. The van der Waals surface area contributed by atoms with Gasteiger partial charge in [0.2, 0.25) is 0 Å². The highest BCUT2D eigenvalue weighted by Gasteiger charge is 2.20. The highest BCUT2D eigenvalue weighted by atomic mass is 16.3. The summed E-state index contributed by atoms with van der Waals surface area (Å²) in [7, 11) is 0. The highest BCUT2D eigenvalue weighted by Crippen LogP contribution is 2.17. The summed E-state index contributed by atoms with van der Waals surface area (Å²) in [6.07, 6.45) is 1.23. The van der Waals surface area contributed by atoms with Crippen molar-refractivity contribution >= 4 is 0 Å². The minimum Gasteiger partial charge on any atom is -0.392 e. The Labute approximate surface area is 96.3 Å². The Morgan fingerprint density at radius 1 is 1.31 bits per heavy atom. The number of rotatable bonds is 3. The number of hydrogen-bond acceptors (Lipinski definition) is 3. The summed E-state index contributed by atoms with van der Waals surface area (Å²) in [5.74, 6) is 0. The minimum absolute atomic E-state index is 0.225. The van der Waals surface area contributed by atoms with Crippen molar-refractivity contribution in [2.75, 3.05) is 19.6 Å². The number of β-amino-alcohol motifs (C(OH)–C–C–N with tert-alkyl or cyclic N) is 2. The molecule has 1 aromatic carbocycles. The first-order valence-electron chi connectivity index (χ1n) is 5.89. The maximum atomic E-state index is 10.0. The number of aliphatic hydroxyl groups is 2. The van der Waals surface area contributed by atoms with Crippen LogP contribution in [-0.4, -0.2) is 40.9 Å². The van der Waals surface area contributed by atoms with E-state index in [2.05, 4.69) is 4.90 Å². The van der Waals surface area contributed by atoms with E-state index in [1.807, 2.05) is 30.3 Å². The van der Waals surface area contributed by atoms with Crippen molar-refractivity contribution in [1.29, 1.82) is 0 Å². The van der Waals surface area contributed by atoms with Gasteiger partial charge in [0.1, 0.15) is 0 Å². The van der Waals surface area contributed by atoms with Crippen LogP contribution in [0, 0.1) is 0 Å². The zero-order valence-electron chi connectivity index (χ0n) is 9.42. The van der Waals surface area contributed by atoms with Gasteiger partial charge in [-0.2, -0.15) is 0 Å². The van der Waals surface area contributed by atoms with Crippen LogP contribution in [0.2, 0.25) is 0 Å². The van der Waals surface area contributed by atoms with Gasteiger partial charge >= 0.3 is 0 Å². The molecule has 1 saturated heterocycles. The lowest BCUT2D eigenvalue weighted by Crippen LogP contribution is -2.40. The summed E-state index contributed by atoms with van der Waals surface area (Å²) >= 11 is 0. The molecule has 3 heteroatoms. The number of hydrogen-bond donors (Lipinski definition) is 2. The van der Waals surface area contributed by atoms with Gasteiger partial charge < -0.3 is 10.2 Å². The normalized spacial score (nSPS) is 24.2. The minimum atomic E-state index is -0.452. The van der Waals surface area contributed by atoms with Crippen molar-refractivity contribution < 1.29 is 10.2 Å². The molecular formula is C13H19NO2. The van der Waals surface area contributed by atoms with Crippen LogP contribution in [0.15, 0.2) is 30.3 Å². The lowest BCUT2D eigenvalue weighted by Gasteiger charge is -2.31. The van der Waals surface area contributed by atoms with Crippen LogP contribution in [0.1, 0.15) is 24.5 Å². The molecule has 1 aliphatic rings. The molecule has 88 valence electrons. The molecule has 0 amide bonds. The molecule has 0 bridgehead atoms. The van der Waals surface area contributed by atoms with Crippen LogP contribution >= 0.6 is 0 Å². The molecule has 0 unspecified atom stereocenters. The van der Waals surface area contributed by atoms with Gasteiger partial charge in [-0.05, 0) is 24.9 Å². The average molecular weight is 221 g/mol. The molecule has 0 saturated carbocycles. The number of nitrogens with zero attached hydrogens (tertiary/aromatic N) is 1. The van der Waals surface area contributed by atoms with E-state index < -0.39 is 6.10 Å². The first-order chi connectivity index (χ1) is 7.75. The van der Waals surface area contributed by atoms with E-state index in [0.29, 0.717) is 13.1 Å². The maximum absolute atomic E-state index is 10.0. The van der Waals surface area contributed by atoms with Gasteiger partial charge in [-0.25, -0.2) is 0 Å². The second kappa shape index (κ2) is 5.43. The summed E-state index contributed by atoms with van der Waals surface area (Å²) in [6.45, 7) is 2.27. The fourth-order valence-corrected chi connectivity index (χ4v) is 2.22. The molecule has 1 aliphatic heterocycles. The van der Waals surface area contributed by atoms with Gasteiger partial charge in [0.05, 0.1) is 12.2 Å². The number of likely N-dealkylation sites (tertiary alicyclic amines) is 1. The predicted octanol–water partition coefficient (Wildman–Crippen LogP) is 1.18. The third-order valence-electron chi connectivity index (χ3n) is 3.10. The Bertz CT molecular complexity index is 315. The topological polar surface area (TPSA) is 43.7 Å². The average Bonchev–Trinajstić information content (AvgIpc) is 2.30. The van der Waals surface area contributed by atoms with E-state index >= 15 is 0 Å². The van der Waals surface area contributed by atoms with Gasteiger partial charge in [-0.1, -0.05) is 30.3 Å². The maximum Gasteiger partial charge on any atom is 0.0916 e. The molecule has 2 rings (SSSR count). The zero-order valence-corrected chi connectivity index (χ0v) is 9.42. The molecule has 1 aromatic rings. The van der Waals surface area contributed by atoms with Gasteiger partial charge in [0.25, 0.3) is 0 Å². The number of aliphatic hydroxyl groups excluding tert-OH is 2. The summed E-state index contributed by atoms with van der Waals surface area (Å²) in [5.41, 5.74) is 0.947. The largest absolute Gasteiger partial charge is 0.392 e. The Morgan fingerprint density at radius 3 is 2.75 bits per heavy atom.